The van der Waals surface area contributed by atoms with Crippen molar-refractivity contribution in [1.82, 2.24) is 24.9 Å². The lowest BCUT2D eigenvalue weighted by molar-refractivity contribution is -0.130. The number of hydrogen-bond donors (Lipinski definition) is 1. The number of aryl methyl sites for hydroxylation is 3. The second-order valence-corrected chi connectivity index (χ2v) is 12.3. The Morgan fingerprint density at radius 3 is 2.73 bits per heavy atom. The second-order valence-electron chi connectivity index (χ2n) is 12.3. The van der Waals surface area contributed by atoms with E-state index in [0.717, 1.165) is 17.0 Å². The molecule has 0 aliphatic carbocycles. The van der Waals surface area contributed by atoms with Gasteiger partial charge in [0.1, 0.15) is 0 Å². The van der Waals surface area contributed by atoms with Gasteiger partial charge >= 0.3 is 0 Å². The van der Waals surface area contributed by atoms with E-state index in [1.165, 1.54) is 4.90 Å². The van der Waals surface area contributed by atoms with Crippen molar-refractivity contribution in [2.75, 3.05) is 52.7 Å². The molecule has 1 fully saturated rings. The number of ether oxygens (including phenoxy) is 4. The summed E-state index contributed by atoms with van der Waals surface area (Å²) < 4.78 is 25.3. The molecule has 5 aliphatic rings. The molecular formula is C33H37N5O7. The highest BCUT2D eigenvalue weighted by atomic mass is 16.7. The average molecular weight is 616 g/mol. The Balaban J connectivity index is 1.12. The van der Waals surface area contributed by atoms with Crippen LogP contribution in [0.1, 0.15) is 46.1 Å². The number of amides is 3. The number of aromatic nitrogens is 2. The Morgan fingerprint density at radius 1 is 1.02 bits per heavy atom. The number of rotatable bonds is 4. The predicted octanol–water partition coefficient (Wildman–Crippen LogP) is 2.66. The van der Waals surface area contributed by atoms with Crippen molar-refractivity contribution in [3.63, 3.8) is 0 Å². The lowest BCUT2D eigenvalue weighted by atomic mass is 9.73. The number of carbonyl (C=O) groups is 3. The molecule has 12 nitrogen and oxygen atoms in total. The largest absolute Gasteiger partial charge is 0.490 e. The van der Waals surface area contributed by atoms with Gasteiger partial charge in [-0.25, -0.2) is 0 Å². The van der Waals surface area contributed by atoms with E-state index >= 15 is 0 Å². The molecule has 8 rings (SSSR count). The zero-order valence-corrected chi connectivity index (χ0v) is 25.5. The summed E-state index contributed by atoms with van der Waals surface area (Å²) in [6.07, 6.45) is 0.836. The SMILES string of the molecule is Cc1cc(C)n(CCC(=O)N2C[C@H]3c4cccc5c4OC[C@@]3(CNC(=O)CN(C(=O)c3ccc4c(c3)OCO4)CCCO5)C2)n1. The van der Waals surface area contributed by atoms with Gasteiger partial charge in [-0.1, -0.05) is 12.1 Å². The summed E-state index contributed by atoms with van der Waals surface area (Å²) in [5.74, 6) is 1.85. The lowest BCUT2D eigenvalue weighted by Crippen LogP contribution is -2.50. The zero-order valence-electron chi connectivity index (χ0n) is 25.5. The molecule has 0 saturated carbocycles. The zero-order chi connectivity index (χ0) is 31.1. The monoisotopic (exact) mass is 615 g/mol. The van der Waals surface area contributed by atoms with E-state index in [1.54, 1.807) is 18.2 Å². The highest BCUT2D eigenvalue weighted by Gasteiger charge is 2.53. The summed E-state index contributed by atoms with van der Waals surface area (Å²) in [4.78, 5) is 44.0. The molecular weight excluding hydrogens is 578 g/mol. The van der Waals surface area contributed by atoms with Crippen molar-refractivity contribution in [2.24, 2.45) is 5.41 Å². The number of likely N-dealkylation sites (tertiary alicyclic amines) is 1. The molecule has 1 N–H and O–H groups in total. The third-order valence-corrected chi connectivity index (χ3v) is 9.24. The minimum atomic E-state index is -0.536. The first-order valence-electron chi connectivity index (χ1n) is 15.4. The minimum Gasteiger partial charge on any atom is -0.490 e. The van der Waals surface area contributed by atoms with Gasteiger partial charge in [0.05, 0.1) is 25.5 Å². The van der Waals surface area contributed by atoms with Crippen LogP contribution in [0, 0.1) is 19.3 Å². The first-order chi connectivity index (χ1) is 21.8. The van der Waals surface area contributed by atoms with Gasteiger partial charge in [0.2, 0.25) is 18.6 Å². The normalized spacial score (nSPS) is 22.3. The number of nitrogens with one attached hydrogen (secondary N) is 1. The molecule has 3 amide bonds. The number of carbonyl (C=O) groups excluding carboxylic acids is 3. The van der Waals surface area contributed by atoms with Gasteiger partial charge in [0.25, 0.3) is 5.91 Å². The number of benzene rings is 2. The van der Waals surface area contributed by atoms with Crippen molar-refractivity contribution >= 4 is 17.7 Å². The standard InChI is InChI=1S/C33H37N5O7/c1-21-13-22(2)38(35-21)11-9-30(40)37-15-25-24-5-3-6-27-31(24)43-19-33(25,18-37)17-34-29(39)16-36(10-4-12-42-27)32(41)23-7-8-26-28(14-23)45-20-44-26/h3,5-8,13-14,25H,4,9-12,15-20H2,1-2H3,(H,34,39)/t25-,33+/m0/s1. The Labute approximate surface area is 261 Å². The van der Waals surface area contributed by atoms with Gasteiger partial charge in [-0.15, -0.1) is 0 Å². The average Bonchev–Trinajstić information content (AvgIpc) is 3.75. The van der Waals surface area contributed by atoms with Gasteiger partial charge in [-0.3, -0.25) is 19.1 Å². The fraction of sp³-hybridized carbons (Fsp3) is 0.455. The third-order valence-electron chi connectivity index (χ3n) is 9.24. The molecule has 5 aliphatic heterocycles. The number of hydrogen-bond acceptors (Lipinski definition) is 8. The molecule has 2 atom stereocenters. The number of nitrogens with zero attached hydrogens (tertiary/aromatic N) is 4. The molecule has 2 aromatic carbocycles. The molecule has 1 spiro atoms. The van der Waals surface area contributed by atoms with Crippen LogP contribution in [-0.4, -0.2) is 90.0 Å². The molecule has 6 heterocycles. The molecule has 4 bridgehead atoms. The molecule has 1 aromatic heterocycles. The van der Waals surface area contributed by atoms with Gasteiger partial charge < -0.3 is 34.1 Å². The molecule has 3 aromatic rings. The number of para-hydroxylation sites is 1. The summed E-state index contributed by atoms with van der Waals surface area (Å²) >= 11 is 0. The maximum absolute atomic E-state index is 13.6. The van der Waals surface area contributed by atoms with Crippen molar-refractivity contribution in [1.29, 1.82) is 0 Å². The van der Waals surface area contributed by atoms with E-state index in [0.29, 0.717) is 87.3 Å². The highest BCUT2D eigenvalue weighted by molar-refractivity contribution is 5.97. The first-order valence-corrected chi connectivity index (χ1v) is 15.4. The Kier molecular flexibility index (Phi) is 7.50. The van der Waals surface area contributed by atoms with Gasteiger partial charge in [-0.2, -0.15) is 5.10 Å². The van der Waals surface area contributed by atoms with Crippen LogP contribution in [0.4, 0.5) is 0 Å². The van der Waals surface area contributed by atoms with E-state index in [2.05, 4.69) is 10.4 Å². The molecule has 0 radical (unpaired) electrons. The van der Waals surface area contributed by atoms with Gasteiger partial charge in [0, 0.05) is 67.3 Å². The second kappa shape index (κ2) is 11.6. The highest BCUT2D eigenvalue weighted by Crippen LogP contribution is 2.52. The van der Waals surface area contributed by atoms with E-state index in [-0.39, 0.29) is 37.0 Å². The summed E-state index contributed by atoms with van der Waals surface area (Å²) in [5.41, 5.74) is 2.81. The van der Waals surface area contributed by atoms with Crippen molar-refractivity contribution in [2.45, 2.75) is 39.2 Å². The minimum absolute atomic E-state index is 0.0371. The maximum Gasteiger partial charge on any atom is 0.254 e. The quantitative estimate of drug-likeness (QED) is 0.475. The van der Waals surface area contributed by atoms with Crippen LogP contribution in [0.5, 0.6) is 23.0 Å². The third kappa shape index (κ3) is 5.53. The van der Waals surface area contributed by atoms with Crippen LogP contribution >= 0.6 is 0 Å². The number of fused-ring (bicyclic) bond motifs is 10. The fourth-order valence-electron chi connectivity index (χ4n) is 6.92. The molecule has 1 saturated heterocycles. The predicted molar refractivity (Wildman–Crippen MR) is 162 cm³/mol. The van der Waals surface area contributed by atoms with Crippen molar-refractivity contribution < 1.29 is 33.3 Å². The fourth-order valence-corrected chi connectivity index (χ4v) is 6.92. The molecule has 236 valence electrons. The van der Waals surface area contributed by atoms with Crippen LogP contribution in [-0.2, 0) is 16.1 Å². The molecule has 45 heavy (non-hydrogen) atoms. The molecule has 0 unspecified atom stereocenters. The van der Waals surface area contributed by atoms with E-state index in [4.69, 9.17) is 18.9 Å². The van der Waals surface area contributed by atoms with E-state index in [1.807, 2.05) is 47.7 Å². The lowest BCUT2D eigenvalue weighted by Gasteiger charge is -2.40. The van der Waals surface area contributed by atoms with Crippen LogP contribution in [0.25, 0.3) is 0 Å². The van der Waals surface area contributed by atoms with Gasteiger partial charge in [-0.05, 0) is 50.6 Å². The van der Waals surface area contributed by atoms with Crippen LogP contribution in [0.15, 0.2) is 42.5 Å². The topological polar surface area (TPSA) is 124 Å². The van der Waals surface area contributed by atoms with E-state index < -0.39 is 5.41 Å². The van der Waals surface area contributed by atoms with Crippen molar-refractivity contribution in [3.05, 3.63) is 65.0 Å². The first kappa shape index (κ1) is 29.0. The summed E-state index contributed by atoms with van der Waals surface area (Å²) in [6, 6.07) is 12.9. The summed E-state index contributed by atoms with van der Waals surface area (Å²) in [5, 5.41) is 7.60. The van der Waals surface area contributed by atoms with Crippen LogP contribution in [0.2, 0.25) is 0 Å². The van der Waals surface area contributed by atoms with Gasteiger partial charge in [0.15, 0.2) is 23.0 Å². The Bertz CT molecular complexity index is 1650. The van der Waals surface area contributed by atoms with Crippen molar-refractivity contribution in [3.8, 4) is 23.0 Å². The summed E-state index contributed by atoms with van der Waals surface area (Å²) in [7, 11) is 0. The Hall–Kier alpha value is -4.74. The smallest absolute Gasteiger partial charge is 0.254 e. The van der Waals surface area contributed by atoms with Crippen LogP contribution < -0.4 is 24.3 Å². The summed E-state index contributed by atoms with van der Waals surface area (Å²) in [6.45, 7) is 6.66. The Morgan fingerprint density at radius 2 is 1.89 bits per heavy atom. The maximum atomic E-state index is 13.6. The van der Waals surface area contributed by atoms with Crippen LogP contribution in [0.3, 0.4) is 0 Å². The molecule has 12 heteroatoms. The van der Waals surface area contributed by atoms with E-state index in [9.17, 15) is 14.4 Å².